The Labute approximate surface area is 110 Å². The molecule has 2 amide bonds. The van der Waals surface area contributed by atoms with Crippen LogP contribution >= 0.6 is 0 Å². The maximum absolute atomic E-state index is 12.4. The molecule has 1 aliphatic heterocycles. The molecule has 0 spiro atoms. The summed E-state index contributed by atoms with van der Waals surface area (Å²) in [5.41, 5.74) is 1.69. The van der Waals surface area contributed by atoms with Crippen molar-refractivity contribution in [3.05, 3.63) is 65.2 Å². The van der Waals surface area contributed by atoms with Crippen LogP contribution in [0.15, 0.2) is 48.5 Å². The van der Waals surface area contributed by atoms with Crippen molar-refractivity contribution in [3.63, 3.8) is 0 Å². The molecule has 2 aromatic rings. The van der Waals surface area contributed by atoms with Crippen molar-refractivity contribution in [1.29, 1.82) is 0 Å². The van der Waals surface area contributed by atoms with E-state index in [9.17, 15) is 9.59 Å². The number of hydrogen-bond acceptors (Lipinski definition) is 2. The van der Waals surface area contributed by atoms with Crippen molar-refractivity contribution in [2.75, 3.05) is 4.90 Å². The Morgan fingerprint density at radius 2 is 1.63 bits per heavy atom. The minimum absolute atomic E-state index is 0.318. The molecule has 3 nitrogen and oxygen atoms in total. The van der Waals surface area contributed by atoms with Gasteiger partial charge in [-0.25, -0.2) is 4.90 Å². The average Bonchev–Trinajstić information content (AvgIpc) is 2.72. The number of benzene rings is 2. The Balaban J connectivity index is 2.19. The van der Waals surface area contributed by atoms with Gasteiger partial charge in [-0.2, -0.15) is 0 Å². The first-order valence-electron chi connectivity index (χ1n) is 5.77. The zero-order valence-corrected chi connectivity index (χ0v) is 9.96. The van der Waals surface area contributed by atoms with E-state index in [4.69, 9.17) is 6.42 Å². The number of hydrogen-bond donors (Lipinski definition) is 0. The molecule has 0 N–H and O–H groups in total. The Bertz CT molecular complexity index is 726. The fourth-order valence-corrected chi connectivity index (χ4v) is 2.22. The van der Waals surface area contributed by atoms with Crippen LogP contribution in [-0.4, -0.2) is 11.8 Å². The Kier molecular flexibility index (Phi) is 2.43. The second-order valence-corrected chi connectivity index (χ2v) is 4.15. The lowest BCUT2D eigenvalue weighted by atomic mass is 10.0. The summed E-state index contributed by atoms with van der Waals surface area (Å²) < 4.78 is 0. The molecule has 0 bridgehead atoms. The van der Waals surface area contributed by atoms with Crippen molar-refractivity contribution in [1.82, 2.24) is 0 Å². The summed E-state index contributed by atoms with van der Waals surface area (Å²) in [6.07, 6.45) is 5.38. The highest BCUT2D eigenvalue weighted by atomic mass is 16.2. The Morgan fingerprint density at radius 3 is 2.32 bits per heavy atom. The molecule has 1 aliphatic rings. The largest absolute Gasteiger partial charge is 0.268 e. The molecule has 3 heteroatoms. The van der Waals surface area contributed by atoms with E-state index in [1.807, 2.05) is 6.07 Å². The maximum atomic E-state index is 12.4. The number of nitrogens with zero attached hydrogens (tertiary/aromatic N) is 1. The number of anilines is 1. The lowest BCUT2D eigenvalue weighted by Gasteiger charge is -2.13. The summed E-state index contributed by atoms with van der Waals surface area (Å²) in [5, 5.41) is 0. The SMILES string of the molecule is C#Cc1cccc2c1C(=O)N(c1ccccc1)C2=O. The number of amides is 2. The van der Waals surface area contributed by atoms with Crippen LogP contribution in [0, 0.1) is 12.3 Å². The molecule has 1 heterocycles. The molecule has 0 aromatic heterocycles. The molecule has 19 heavy (non-hydrogen) atoms. The number of rotatable bonds is 1. The van der Waals surface area contributed by atoms with Crippen molar-refractivity contribution in [2.45, 2.75) is 0 Å². The third kappa shape index (κ3) is 1.54. The molecule has 0 aliphatic carbocycles. The van der Waals surface area contributed by atoms with Crippen molar-refractivity contribution < 1.29 is 9.59 Å². The normalized spacial score (nSPS) is 13.3. The smallest absolute Gasteiger partial charge is 0.267 e. The van der Waals surface area contributed by atoms with Gasteiger partial charge in [0.15, 0.2) is 0 Å². The molecule has 0 unspecified atom stereocenters. The molecular formula is C16H9NO2. The summed E-state index contributed by atoms with van der Waals surface area (Å²) >= 11 is 0. The van der Waals surface area contributed by atoms with Crippen LogP contribution in [0.3, 0.4) is 0 Å². The molecule has 3 rings (SSSR count). The first-order valence-corrected chi connectivity index (χ1v) is 5.77. The van der Waals surface area contributed by atoms with Crippen LogP contribution in [-0.2, 0) is 0 Å². The van der Waals surface area contributed by atoms with Gasteiger partial charge in [-0.1, -0.05) is 30.2 Å². The van der Waals surface area contributed by atoms with Gasteiger partial charge in [0.05, 0.1) is 16.8 Å². The standard InChI is InChI=1S/C16H9NO2/c1-2-11-7-6-10-13-14(11)16(19)17(15(13)18)12-8-4-3-5-9-12/h1,3-10H. The van der Waals surface area contributed by atoms with Gasteiger partial charge in [-0.15, -0.1) is 6.42 Å². The lowest BCUT2D eigenvalue weighted by Crippen LogP contribution is -2.29. The van der Waals surface area contributed by atoms with Crippen molar-refractivity contribution in [3.8, 4) is 12.3 Å². The zero-order valence-electron chi connectivity index (χ0n) is 9.96. The molecule has 90 valence electrons. The van der Waals surface area contributed by atoms with E-state index in [-0.39, 0.29) is 11.8 Å². The van der Waals surface area contributed by atoms with Crippen LogP contribution in [0.2, 0.25) is 0 Å². The second kappa shape index (κ2) is 4.11. The van der Waals surface area contributed by atoms with Crippen molar-refractivity contribution >= 4 is 17.5 Å². The van der Waals surface area contributed by atoms with Gasteiger partial charge in [0, 0.05) is 5.56 Å². The number of imide groups is 1. The van der Waals surface area contributed by atoms with E-state index in [0.717, 1.165) is 4.90 Å². The lowest BCUT2D eigenvalue weighted by molar-refractivity contribution is 0.0926. The summed E-state index contributed by atoms with van der Waals surface area (Å²) in [7, 11) is 0. The van der Waals surface area contributed by atoms with Crippen LogP contribution in [0.25, 0.3) is 0 Å². The van der Waals surface area contributed by atoms with Crippen LogP contribution < -0.4 is 4.90 Å². The van der Waals surface area contributed by atoms with E-state index in [2.05, 4.69) is 5.92 Å². The molecule has 0 radical (unpaired) electrons. The number of para-hydroxylation sites is 1. The van der Waals surface area contributed by atoms with Crippen LogP contribution in [0.4, 0.5) is 5.69 Å². The van der Waals surface area contributed by atoms with E-state index in [1.54, 1.807) is 42.5 Å². The van der Waals surface area contributed by atoms with E-state index >= 15 is 0 Å². The van der Waals surface area contributed by atoms with Gasteiger partial charge in [0.1, 0.15) is 0 Å². The summed E-state index contributed by atoms with van der Waals surface area (Å²) in [6.45, 7) is 0. The molecular weight excluding hydrogens is 238 g/mol. The predicted octanol–water partition coefficient (Wildman–Crippen LogP) is 2.47. The third-order valence-electron chi connectivity index (χ3n) is 3.08. The fourth-order valence-electron chi connectivity index (χ4n) is 2.22. The fraction of sp³-hybridized carbons (Fsp3) is 0. The zero-order chi connectivity index (χ0) is 13.4. The summed E-state index contributed by atoms with van der Waals surface area (Å²) in [5.74, 6) is 1.76. The number of carbonyl (C=O) groups is 2. The molecule has 0 saturated carbocycles. The summed E-state index contributed by atoms with van der Waals surface area (Å²) in [4.78, 5) is 25.9. The highest BCUT2D eigenvalue weighted by Crippen LogP contribution is 2.29. The molecule has 0 saturated heterocycles. The highest BCUT2D eigenvalue weighted by molar-refractivity contribution is 6.35. The quantitative estimate of drug-likeness (QED) is 0.573. The van der Waals surface area contributed by atoms with Crippen LogP contribution in [0.5, 0.6) is 0 Å². The first-order chi connectivity index (χ1) is 9.24. The number of terminal acetylenes is 1. The van der Waals surface area contributed by atoms with Gasteiger partial charge in [-0.05, 0) is 24.3 Å². The van der Waals surface area contributed by atoms with Crippen LogP contribution in [0.1, 0.15) is 26.3 Å². The summed E-state index contributed by atoms with van der Waals surface area (Å²) in [6, 6.07) is 13.8. The highest BCUT2D eigenvalue weighted by Gasteiger charge is 2.37. The van der Waals surface area contributed by atoms with Gasteiger partial charge in [-0.3, -0.25) is 9.59 Å². The third-order valence-corrected chi connectivity index (χ3v) is 3.08. The van der Waals surface area contributed by atoms with Crippen molar-refractivity contribution in [2.24, 2.45) is 0 Å². The minimum atomic E-state index is -0.361. The maximum Gasteiger partial charge on any atom is 0.267 e. The average molecular weight is 247 g/mol. The molecule has 0 atom stereocenters. The monoisotopic (exact) mass is 247 g/mol. The van der Waals surface area contributed by atoms with E-state index < -0.39 is 0 Å². The van der Waals surface area contributed by atoms with Gasteiger partial charge >= 0.3 is 0 Å². The van der Waals surface area contributed by atoms with Gasteiger partial charge in [0.2, 0.25) is 0 Å². The Morgan fingerprint density at radius 1 is 0.895 bits per heavy atom. The minimum Gasteiger partial charge on any atom is -0.268 e. The first kappa shape index (κ1) is 11.2. The second-order valence-electron chi connectivity index (χ2n) is 4.15. The number of fused-ring (bicyclic) bond motifs is 1. The Hall–Kier alpha value is -2.86. The van der Waals surface area contributed by atoms with Gasteiger partial charge < -0.3 is 0 Å². The molecule has 0 fully saturated rings. The van der Waals surface area contributed by atoms with E-state index in [1.165, 1.54) is 0 Å². The topological polar surface area (TPSA) is 37.4 Å². The molecule has 2 aromatic carbocycles. The van der Waals surface area contributed by atoms with E-state index in [0.29, 0.717) is 22.4 Å². The van der Waals surface area contributed by atoms with Gasteiger partial charge in [0.25, 0.3) is 11.8 Å². The number of carbonyl (C=O) groups excluding carboxylic acids is 2. The predicted molar refractivity (Wildman–Crippen MR) is 72.0 cm³/mol.